The molecule has 0 spiro atoms. The van der Waals surface area contributed by atoms with E-state index in [1.165, 1.54) is 6.08 Å². The normalized spacial score (nSPS) is 16.1. The lowest BCUT2D eigenvalue weighted by atomic mass is 9.75. The predicted molar refractivity (Wildman–Crippen MR) is 121 cm³/mol. The van der Waals surface area contributed by atoms with Gasteiger partial charge < -0.3 is 15.2 Å². The SMILES string of the molecule is CC1(C(=O)NC(=Cc2ccc(Oc3ccccc3I)cc2)C(=O)O)CCCCC1. The number of aliphatic carboxylic acids is 1. The molecule has 0 heterocycles. The summed E-state index contributed by atoms with van der Waals surface area (Å²) in [4.78, 5) is 24.3. The summed E-state index contributed by atoms with van der Waals surface area (Å²) in [6.45, 7) is 1.91. The average Bonchev–Trinajstić information content (AvgIpc) is 2.71. The van der Waals surface area contributed by atoms with Crippen molar-refractivity contribution < 1.29 is 19.4 Å². The van der Waals surface area contributed by atoms with E-state index >= 15 is 0 Å². The van der Waals surface area contributed by atoms with Crippen molar-refractivity contribution in [3.8, 4) is 11.5 Å². The third-order valence-corrected chi connectivity index (χ3v) is 6.13. The molecule has 1 aliphatic carbocycles. The summed E-state index contributed by atoms with van der Waals surface area (Å²) in [7, 11) is 0. The third-order valence-electron chi connectivity index (χ3n) is 5.24. The summed E-state index contributed by atoms with van der Waals surface area (Å²) in [5.74, 6) is 0.0406. The number of halogens is 1. The first-order valence-electron chi connectivity index (χ1n) is 9.66. The van der Waals surface area contributed by atoms with E-state index in [9.17, 15) is 14.7 Å². The van der Waals surface area contributed by atoms with Gasteiger partial charge in [0.25, 0.3) is 0 Å². The van der Waals surface area contributed by atoms with E-state index in [2.05, 4.69) is 27.9 Å². The van der Waals surface area contributed by atoms with E-state index in [-0.39, 0.29) is 11.6 Å². The summed E-state index contributed by atoms with van der Waals surface area (Å²) < 4.78 is 6.86. The van der Waals surface area contributed by atoms with Gasteiger partial charge in [-0.3, -0.25) is 4.79 Å². The minimum Gasteiger partial charge on any atom is -0.477 e. The number of carboxylic acids is 1. The monoisotopic (exact) mass is 505 g/mol. The number of carbonyl (C=O) groups excluding carboxylic acids is 1. The number of benzene rings is 2. The molecule has 6 heteroatoms. The van der Waals surface area contributed by atoms with Gasteiger partial charge in [-0.2, -0.15) is 0 Å². The van der Waals surface area contributed by atoms with Crippen LogP contribution in [0, 0.1) is 8.99 Å². The number of nitrogens with one attached hydrogen (secondary N) is 1. The Kier molecular flexibility index (Phi) is 6.95. The van der Waals surface area contributed by atoms with Crippen molar-refractivity contribution in [2.24, 2.45) is 5.41 Å². The lowest BCUT2D eigenvalue weighted by molar-refractivity contribution is -0.137. The quantitative estimate of drug-likeness (QED) is 0.396. The number of hydrogen-bond donors (Lipinski definition) is 2. The Morgan fingerprint density at radius 2 is 1.72 bits per heavy atom. The Morgan fingerprint density at radius 3 is 2.34 bits per heavy atom. The molecule has 0 saturated heterocycles. The maximum absolute atomic E-state index is 12.7. The van der Waals surface area contributed by atoms with Crippen LogP contribution in [0.2, 0.25) is 0 Å². The van der Waals surface area contributed by atoms with Gasteiger partial charge in [-0.15, -0.1) is 0 Å². The zero-order valence-corrected chi connectivity index (χ0v) is 18.4. The van der Waals surface area contributed by atoms with E-state index in [0.717, 1.165) is 41.4 Å². The zero-order chi connectivity index (χ0) is 20.9. The van der Waals surface area contributed by atoms with Crippen LogP contribution in [0.4, 0.5) is 0 Å². The molecule has 1 amide bonds. The van der Waals surface area contributed by atoms with Gasteiger partial charge >= 0.3 is 5.97 Å². The van der Waals surface area contributed by atoms with Gasteiger partial charge in [-0.1, -0.05) is 50.5 Å². The van der Waals surface area contributed by atoms with E-state index in [0.29, 0.717) is 11.3 Å². The fourth-order valence-electron chi connectivity index (χ4n) is 3.44. The van der Waals surface area contributed by atoms with Gasteiger partial charge in [-0.05, 0) is 71.3 Å². The molecule has 2 aromatic rings. The van der Waals surface area contributed by atoms with Crippen LogP contribution in [-0.2, 0) is 9.59 Å². The standard InChI is InChI=1S/C23H24INO4/c1-23(13-5-2-6-14-23)22(28)25-19(21(26)27)15-16-9-11-17(12-10-16)29-20-8-4-3-7-18(20)24/h3-4,7-12,15H,2,5-6,13-14H2,1H3,(H,25,28)(H,26,27). The Hall–Kier alpha value is -2.35. The van der Waals surface area contributed by atoms with E-state index < -0.39 is 11.4 Å². The number of rotatable bonds is 6. The second-order valence-electron chi connectivity index (χ2n) is 7.54. The molecule has 152 valence electrons. The van der Waals surface area contributed by atoms with Crippen LogP contribution >= 0.6 is 22.6 Å². The minimum atomic E-state index is -1.16. The highest BCUT2D eigenvalue weighted by atomic mass is 127. The number of carbonyl (C=O) groups is 2. The highest BCUT2D eigenvalue weighted by molar-refractivity contribution is 14.1. The van der Waals surface area contributed by atoms with Crippen LogP contribution in [-0.4, -0.2) is 17.0 Å². The van der Waals surface area contributed by atoms with Crippen molar-refractivity contribution >= 4 is 40.5 Å². The number of ether oxygens (including phenoxy) is 1. The van der Waals surface area contributed by atoms with Crippen molar-refractivity contribution in [3.63, 3.8) is 0 Å². The molecular weight excluding hydrogens is 481 g/mol. The molecule has 1 fully saturated rings. The third kappa shape index (κ3) is 5.59. The van der Waals surface area contributed by atoms with Gasteiger partial charge in [0.05, 0.1) is 3.57 Å². The molecule has 3 rings (SSSR count). The minimum absolute atomic E-state index is 0.118. The first kappa shape index (κ1) is 21.4. The fraction of sp³-hybridized carbons (Fsp3) is 0.304. The Balaban J connectivity index is 1.72. The second kappa shape index (κ2) is 9.43. The first-order chi connectivity index (χ1) is 13.9. The van der Waals surface area contributed by atoms with Crippen LogP contribution in [0.3, 0.4) is 0 Å². The molecule has 1 saturated carbocycles. The zero-order valence-electron chi connectivity index (χ0n) is 16.3. The Labute approximate surface area is 184 Å². The number of hydrogen-bond acceptors (Lipinski definition) is 3. The molecule has 5 nitrogen and oxygen atoms in total. The van der Waals surface area contributed by atoms with Gasteiger partial charge in [-0.25, -0.2) is 4.79 Å². The molecule has 0 bridgehead atoms. The fourth-order valence-corrected chi connectivity index (χ4v) is 3.93. The second-order valence-corrected chi connectivity index (χ2v) is 8.70. The predicted octanol–water partition coefficient (Wildman–Crippen LogP) is 5.60. The summed E-state index contributed by atoms with van der Waals surface area (Å²) >= 11 is 2.21. The molecule has 0 unspecified atom stereocenters. The first-order valence-corrected chi connectivity index (χ1v) is 10.7. The Bertz CT molecular complexity index is 915. The maximum Gasteiger partial charge on any atom is 0.352 e. The van der Waals surface area contributed by atoms with E-state index in [1.54, 1.807) is 24.3 Å². The van der Waals surface area contributed by atoms with Crippen molar-refractivity contribution in [2.75, 3.05) is 0 Å². The highest BCUT2D eigenvalue weighted by Crippen LogP contribution is 2.36. The molecule has 2 N–H and O–H groups in total. The molecular formula is C23H24INO4. The maximum atomic E-state index is 12.7. The van der Waals surface area contributed by atoms with Crippen LogP contribution in [0.25, 0.3) is 6.08 Å². The van der Waals surface area contributed by atoms with Crippen LogP contribution < -0.4 is 10.1 Å². The molecule has 29 heavy (non-hydrogen) atoms. The van der Waals surface area contributed by atoms with Crippen LogP contribution in [0.5, 0.6) is 11.5 Å². The molecule has 0 atom stereocenters. The molecule has 0 aromatic heterocycles. The molecule has 0 aliphatic heterocycles. The van der Waals surface area contributed by atoms with Crippen molar-refractivity contribution in [2.45, 2.75) is 39.0 Å². The average molecular weight is 505 g/mol. The summed E-state index contributed by atoms with van der Waals surface area (Å²) in [6, 6.07) is 14.8. The highest BCUT2D eigenvalue weighted by Gasteiger charge is 2.35. The largest absolute Gasteiger partial charge is 0.477 e. The van der Waals surface area contributed by atoms with Gasteiger partial charge in [0.2, 0.25) is 5.91 Å². The van der Waals surface area contributed by atoms with Crippen molar-refractivity contribution in [1.29, 1.82) is 0 Å². The van der Waals surface area contributed by atoms with Crippen molar-refractivity contribution in [1.82, 2.24) is 5.32 Å². The van der Waals surface area contributed by atoms with Gasteiger partial charge in [0.15, 0.2) is 0 Å². The topological polar surface area (TPSA) is 75.6 Å². The molecule has 1 aliphatic rings. The lowest BCUT2D eigenvalue weighted by Gasteiger charge is -2.32. The Morgan fingerprint density at radius 1 is 1.07 bits per heavy atom. The molecule has 2 aromatic carbocycles. The number of carboxylic acid groups (broad SMARTS) is 1. The summed E-state index contributed by atoms with van der Waals surface area (Å²) in [5.41, 5.74) is 0.0526. The van der Waals surface area contributed by atoms with Gasteiger partial charge in [0, 0.05) is 5.41 Å². The number of para-hydroxylation sites is 1. The smallest absolute Gasteiger partial charge is 0.352 e. The van der Waals surface area contributed by atoms with Crippen LogP contribution in [0.15, 0.2) is 54.2 Å². The number of amides is 1. The van der Waals surface area contributed by atoms with E-state index in [1.807, 2.05) is 31.2 Å². The summed E-state index contributed by atoms with van der Waals surface area (Å²) in [5, 5.41) is 12.2. The molecule has 0 radical (unpaired) electrons. The van der Waals surface area contributed by atoms with Gasteiger partial charge in [0.1, 0.15) is 17.2 Å². The lowest BCUT2D eigenvalue weighted by Crippen LogP contribution is -2.41. The summed E-state index contributed by atoms with van der Waals surface area (Å²) in [6.07, 6.45) is 6.17. The van der Waals surface area contributed by atoms with Crippen LogP contribution in [0.1, 0.15) is 44.6 Å². The van der Waals surface area contributed by atoms with Crippen molar-refractivity contribution in [3.05, 3.63) is 63.4 Å². The van der Waals surface area contributed by atoms with E-state index in [4.69, 9.17) is 4.74 Å².